The standard InChI is InChI=1S/C26H20N4O4/c1-34-21-10-7-19-14-30(23(31)22(19)12-21)15-26(24(32)28-25(33)29-26)20-8-5-17(6-9-20)18-4-2-3-16(11-18)13-27/h2-12H,14-15H2,1H3,(H2,28,29,32,33)/t26-/m0/s1. The number of carbonyl (C=O) groups is 3. The van der Waals surface area contributed by atoms with Crippen molar-refractivity contribution < 1.29 is 19.1 Å². The summed E-state index contributed by atoms with van der Waals surface area (Å²) < 4.78 is 5.23. The molecule has 2 aliphatic heterocycles. The van der Waals surface area contributed by atoms with Crippen LogP contribution in [-0.2, 0) is 16.9 Å². The molecule has 8 heteroatoms. The summed E-state index contributed by atoms with van der Waals surface area (Å²) in [6.07, 6.45) is 0. The summed E-state index contributed by atoms with van der Waals surface area (Å²) in [5.74, 6) is -0.170. The number of fused-ring (bicyclic) bond motifs is 1. The smallest absolute Gasteiger partial charge is 0.322 e. The fourth-order valence-corrected chi connectivity index (χ4v) is 4.49. The van der Waals surface area contributed by atoms with E-state index in [0.29, 0.717) is 29.0 Å². The van der Waals surface area contributed by atoms with Gasteiger partial charge in [0.25, 0.3) is 11.8 Å². The summed E-state index contributed by atoms with van der Waals surface area (Å²) in [6.45, 7) is 0.297. The lowest BCUT2D eigenvalue weighted by Crippen LogP contribution is -2.52. The van der Waals surface area contributed by atoms with E-state index >= 15 is 0 Å². The van der Waals surface area contributed by atoms with Crippen LogP contribution in [0.2, 0.25) is 0 Å². The second-order valence-electron chi connectivity index (χ2n) is 8.27. The van der Waals surface area contributed by atoms with Crippen LogP contribution in [0.5, 0.6) is 5.75 Å². The lowest BCUT2D eigenvalue weighted by Gasteiger charge is -2.31. The zero-order valence-electron chi connectivity index (χ0n) is 18.3. The highest BCUT2D eigenvalue weighted by molar-refractivity contribution is 6.08. The zero-order chi connectivity index (χ0) is 23.9. The van der Waals surface area contributed by atoms with Gasteiger partial charge < -0.3 is 15.0 Å². The van der Waals surface area contributed by atoms with E-state index in [9.17, 15) is 14.4 Å². The Hall–Kier alpha value is -4.64. The highest BCUT2D eigenvalue weighted by Gasteiger charge is 2.50. The number of ether oxygens (including phenoxy) is 1. The number of urea groups is 1. The van der Waals surface area contributed by atoms with E-state index in [1.807, 2.05) is 24.3 Å². The molecule has 4 amide bonds. The quantitative estimate of drug-likeness (QED) is 0.578. The molecule has 0 aliphatic carbocycles. The highest BCUT2D eigenvalue weighted by atomic mass is 16.5. The molecule has 0 unspecified atom stereocenters. The molecule has 1 saturated heterocycles. The third-order valence-corrected chi connectivity index (χ3v) is 6.27. The minimum atomic E-state index is -1.42. The van der Waals surface area contributed by atoms with Crippen LogP contribution in [0.15, 0.2) is 66.7 Å². The Kier molecular flexibility index (Phi) is 5.02. The topological polar surface area (TPSA) is 112 Å². The van der Waals surface area contributed by atoms with Crippen LogP contribution in [-0.4, -0.2) is 36.4 Å². The zero-order valence-corrected chi connectivity index (χ0v) is 18.3. The first-order chi connectivity index (χ1) is 16.4. The molecular weight excluding hydrogens is 432 g/mol. The number of amides is 4. The molecule has 1 atom stereocenters. The van der Waals surface area contributed by atoms with Gasteiger partial charge in [-0.2, -0.15) is 5.26 Å². The van der Waals surface area contributed by atoms with Crippen molar-refractivity contribution in [2.24, 2.45) is 0 Å². The molecule has 0 spiro atoms. The summed E-state index contributed by atoms with van der Waals surface area (Å²) in [4.78, 5) is 39.9. The van der Waals surface area contributed by atoms with Gasteiger partial charge in [-0.25, -0.2) is 4.79 Å². The van der Waals surface area contributed by atoms with Gasteiger partial charge in [-0.3, -0.25) is 14.9 Å². The van der Waals surface area contributed by atoms with Crippen LogP contribution in [0.4, 0.5) is 4.79 Å². The molecule has 2 N–H and O–H groups in total. The van der Waals surface area contributed by atoms with Crippen LogP contribution < -0.4 is 15.4 Å². The number of nitrogens with zero attached hydrogens (tertiary/aromatic N) is 2. The van der Waals surface area contributed by atoms with Crippen molar-refractivity contribution in [2.75, 3.05) is 13.7 Å². The van der Waals surface area contributed by atoms with Gasteiger partial charge in [0.1, 0.15) is 5.75 Å². The number of carbonyl (C=O) groups excluding carboxylic acids is 3. The Morgan fingerprint density at radius 1 is 1.03 bits per heavy atom. The maximum absolute atomic E-state index is 13.1. The third-order valence-electron chi connectivity index (χ3n) is 6.27. The summed E-state index contributed by atoms with van der Waals surface area (Å²) in [5, 5.41) is 14.2. The Morgan fingerprint density at radius 3 is 2.50 bits per heavy atom. The number of nitrogens with one attached hydrogen (secondary N) is 2. The molecule has 0 saturated carbocycles. The van der Waals surface area contributed by atoms with E-state index in [1.54, 1.807) is 47.4 Å². The van der Waals surface area contributed by atoms with Gasteiger partial charge in [-0.05, 0) is 46.5 Å². The molecule has 2 heterocycles. The van der Waals surface area contributed by atoms with E-state index in [1.165, 1.54) is 7.11 Å². The van der Waals surface area contributed by atoms with Gasteiger partial charge in [0.15, 0.2) is 5.54 Å². The van der Waals surface area contributed by atoms with E-state index in [0.717, 1.165) is 16.7 Å². The number of hydrogen-bond acceptors (Lipinski definition) is 5. The van der Waals surface area contributed by atoms with Gasteiger partial charge in [0.2, 0.25) is 0 Å². The lowest BCUT2D eigenvalue weighted by molar-refractivity contribution is -0.124. The molecular formula is C26H20N4O4. The van der Waals surface area contributed by atoms with Gasteiger partial charge >= 0.3 is 6.03 Å². The second-order valence-corrected chi connectivity index (χ2v) is 8.27. The SMILES string of the molecule is COc1ccc2c(c1)C(=O)N(C[C@@]1(c3ccc(-c4cccc(C#N)c4)cc3)NC(=O)NC1=O)C2. The average Bonchev–Trinajstić information content (AvgIpc) is 3.33. The van der Waals surface area contributed by atoms with Crippen LogP contribution in [0.1, 0.15) is 27.0 Å². The molecule has 8 nitrogen and oxygen atoms in total. The van der Waals surface area contributed by atoms with Crippen molar-refractivity contribution in [3.8, 4) is 22.9 Å². The minimum absolute atomic E-state index is 0.0241. The summed E-state index contributed by atoms with van der Waals surface area (Å²) in [5.41, 5.74) is 2.74. The fourth-order valence-electron chi connectivity index (χ4n) is 4.49. The monoisotopic (exact) mass is 452 g/mol. The maximum Gasteiger partial charge on any atom is 0.322 e. The molecule has 34 heavy (non-hydrogen) atoms. The van der Waals surface area contributed by atoms with Crippen molar-refractivity contribution in [2.45, 2.75) is 12.1 Å². The van der Waals surface area contributed by atoms with Crippen molar-refractivity contribution in [1.82, 2.24) is 15.5 Å². The molecule has 0 radical (unpaired) electrons. The molecule has 2 aliphatic rings. The fraction of sp³-hybridized carbons (Fsp3) is 0.154. The number of rotatable bonds is 5. The number of hydrogen-bond donors (Lipinski definition) is 2. The first kappa shape index (κ1) is 21.2. The van der Waals surface area contributed by atoms with Gasteiger partial charge in [0.05, 0.1) is 25.3 Å². The number of methoxy groups -OCH3 is 1. The first-order valence-corrected chi connectivity index (χ1v) is 10.6. The number of benzene rings is 3. The van der Waals surface area contributed by atoms with Crippen LogP contribution in [0, 0.1) is 11.3 Å². The van der Waals surface area contributed by atoms with Gasteiger partial charge in [-0.1, -0.05) is 42.5 Å². The Morgan fingerprint density at radius 2 is 1.82 bits per heavy atom. The van der Waals surface area contributed by atoms with E-state index in [4.69, 9.17) is 10.00 Å². The highest BCUT2D eigenvalue weighted by Crippen LogP contribution is 2.33. The molecule has 0 bridgehead atoms. The van der Waals surface area contributed by atoms with Gasteiger partial charge in [0, 0.05) is 12.1 Å². The lowest BCUT2D eigenvalue weighted by atomic mass is 9.88. The maximum atomic E-state index is 13.1. The molecule has 1 fully saturated rings. The predicted octanol–water partition coefficient (Wildman–Crippen LogP) is 2.92. The summed E-state index contributed by atoms with van der Waals surface area (Å²) in [6, 6.07) is 21.2. The van der Waals surface area contributed by atoms with E-state index in [-0.39, 0.29) is 12.5 Å². The predicted molar refractivity (Wildman–Crippen MR) is 123 cm³/mol. The Bertz CT molecular complexity index is 1380. The average molecular weight is 452 g/mol. The Balaban J connectivity index is 1.48. The minimum Gasteiger partial charge on any atom is -0.497 e. The van der Waals surface area contributed by atoms with Crippen molar-refractivity contribution in [3.05, 3.63) is 89.0 Å². The van der Waals surface area contributed by atoms with Crippen molar-refractivity contribution >= 4 is 17.8 Å². The second kappa shape index (κ2) is 8.05. The normalized spacial score (nSPS) is 18.8. The van der Waals surface area contributed by atoms with Crippen LogP contribution in [0.3, 0.4) is 0 Å². The van der Waals surface area contributed by atoms with Crippen LogP contribution >= 0.6 is 0 Å². The molecule has 3 aromatic rings. The summed E-state index contributed by atoms with van der Waals surface area (Å²) in [7, 11) is 1.53. The summed E-state index contributed by atoms with van der Waals surface area (Å²) >= 11 is 0. The molecule has 5 rings (SSSR count). The molecule has 168 valence electrons. The first-order valence-electron chi connectivity index (χ1n) is 10.6. The largest absolute Gasteiger partial charge is 0.497 e. The Labute approximate surface area is 195 Å². The third kappa shape index (κ3) is 3.44. The van der Waals surface area contributed by atoms with Crippen molar-refractivity contribution in [3.63, 3.8) is 0 Å². The van der Waals surface area contributed by atoms with E-state index in [2.05, 4.69) is 16.7 Å². The molecule has 3 aromatic carbocycles. The van der Waals surface area contributed by atoms with Crippen LogP contribution in [0.25, 0.3) is 11.1 Å². The van der Waals surface area contributed by atoms with Gasteiger partial charge in [-0.15, -0.1) is 0 Å². The number of nitriles is 1. The molecule has 0 aromatic heterocycles. The number of imide groups is 1. The van der Waals surface area contributed by atoms with E-state index < -0.39 is 17.5 Å². The van der Waals surface area contributed by atoms with Crippen molar-refractivity contribution in [1.29, 1.82) is 5.26 Å².